The van der Waals surface area contributed by atoms with Crippen molar-refractivity contribution in [2.45, 2.75) is 38.6 Å². The zero-order valence-corrected chi connectivity index (χ0v) is 15.0. The van der Waals surface area contributed by atoms with Gasteiger partial charge in [-0.2, -0.15) is 5.10 Å². The number of hydrogen-bond acceptors (Lipinski definition) is 5. The third kappa shape index (κ3) is 4.91. The smallest absolute Gasteiger partial charge is 0.260 e. The first kappa shape index (κ1) is 18.1. The zero-order valence-electron chi connectivity index (χ0n) is 15.0. The fraction of sp³-hybridized carbons (Fsp3) is 0.474. The predicted molar refractivity (Wildman–Crippen MR) is 95.8 cm³/mol. The van der Waals surface area contributed by atoms with Crippen LogP contribution in [0.4, 0.5) is 0 Å². The summed E-state index contributed by atoms with van der Waals surface area (Å²) in [6, 6.07) is 7.88. The number of nitrogens with zero attached hydrogens (tertiary/aromatic N) is 4. The quantitative estimate of drug-likeness (QED) is 0.759. The van der Waals surface area contributed by atoms with E-state index in [0.29, 0.717) is 31.3 Å². The van der Waals surface area contributed by atoms with Crippen molar-refractivity contribution in [1.29, 1.82) is 0 Å². The molecule has 1 aliphatic rings. The SMILES string of the molecule is CC(=O)CCc1ccc(OCC(=O)N2CCC(n3cncn3)CC2)cc1. The summed E-state index contributed by atoms with van der Waals surface area (Å²) in [5.74, 6) is 0.855. The molecular weight excluding hydrogens is 332 g/mol. The molecule has 1 fully saturated rings. The number of carbonyl (C=O) groups is 2. The van der Waals surface area contributed by atoms with Crippen LogP contribution in [0.3, 0.4) is 0 Å². The number of benzene rings is 1. The molecule has 0 atom stereocenters. The average molecular weight is 356 g/mol. The molecule has 0 aliphatic carbocycles. The summed E-state index contributed by atoms with van der Waals surface area (Å²) in [6.45, 7) is 3.05. The van der Waals surface area contributed by atoms with Gasteiger partial charge < -0.3 is 14.4 Å². The molecule has 3 rings (SSSR count). The molecule has 1 amide bonds. The van der Waals surface area contributed by atoms with E-state index in [4.69, 9.17) is 4.74 Å². The average Bonchev–Trinajstić information content (AvgIpc) is 3.20. The fourth-order valence-electron chi connectivity index (χ4n) is 3.09. The van der Waals surface area contributed by atoms with Crippen molar-refractivity contribution in [3.8, 4) is 5.75 Å². The number of aromatic nitrogens is 3. The van der Waals surface area contributed by atoms with E-state index in [9.17, 15) is 9.59 Å². The summed E-state index contributed by atoms with van der Waals surface area (Å²) in [6.07, 6.45) is 6.29. The van der Waals surface area contributed by atoms with E-state index in [0.717, 1.165) is 24.8 Å². The monoisotopic (exact) mass is 356 g/mol. The summed E-state index contributed by atoms with van der Waals surface area (Å²) >= 11 is 0. The molecule has 1 aliphatic heterocycles. The third-order valence-electron chi connectivity index (χ3n) is 4.68. The van der Waals surface area contributed by atoms with Crippen LogP contribution in [-0.4, -0.2) is 51.1 Å². The van der Waals surface area contributed by atoms with Crippen LogP contribution in [0.2, 0.25) is 0 Å². The lowest BCUT2D eigenvalue weighted by molar-refractivity contribution is -0.134. The van der Waals surface area contributed by atoms with Gasteiger partial charge in [-0.1, -0.05) is 12.1 Å². The summed E-state index contributed by atoms with van der Waals surface area (Å²) in [5, 5.41) is 4.17. The highest BCUT2D eigenvalue weighted by Crippen LogP contribution is 2.21. The highest BCUT2D eigenvalue weighted by molar-refractivity contribution is 5.78. The van der Waals surface area contributed by atoms with Crippen molar-refractivity contribution in [3.05, 3.63) is 42.5 Å². The molecule has 7 heteroatoms. The van der Waals surface area contributed by atoms with Crippen molar-refractivity contribution in [3.63, 3.8) is 0 Å². The minimum Gasteiger partial charge on any atom is -0.484 e. The number of piperidine rings is 1. The molecule has 1 aromatic carbocycles. The molecule has 0 saturated carbocycles. The van der Waals surface area contributed by atoms with Crippen LogP contribution in [0.15, 0.2) is 36.9 Å². The molecule has 26 heavy (non-hydrogen) atoms. The summed E-state index contributed by atoms with van der Waals surface area (Å²) < 4.78 is 7.48. The van der Waals surface area contributed by atoms with Gasteiger partial charge in [0.2, 0.25) is 0 Å². The highest BCUT2D eigenvalue weighted by atomic mass is 16.5. The van der Waals surface area contributed by atoms with Crippen LogP contribution in [0, 0.1) is 0 Å². The van der Waals surface area contributed by atoms with E-state index >= 15 is 0 Å². The predicted octanol–water partition coefficient (Wildman–Crippen LogP) is 2.04. The minimum atomic E-state index is 0.00250. The number of carbonyl (C=O) groups excluding carboxylic acids is 2. The lowest BCUT2D eigenvalue weighted by Gasteiger charge is -2.31. The Morgan fingerprint density at radius 1 is 1.19 bits per heavy atom. The Balaban J connectivity index is 1.42. The van der Waals surface area contributed by atoms with Crippen molar-refractivity contribution < 1.29 is 14.3 Å². The van der Waals surface area contributed by atoms with Gasteiger partial charge in [-0.3, -0.25) is 4.79 Å². The molecule has 0 spiro atoms. The van der Waals surface area contributed by atoms with Gasteiger partial charge >= 0.3 is 0 Å². The first-order chi connectivity index (χ1) is 12.6. The van der Waals surface area contributed by atoms with Crippen molar-refractivity contribution >= 4 is 11.7 Å². The molecule has 2 heterocycles. The van der Waals surface area contributed by atoms with Crippen LogP contribution >= 0.6 is 0 Å². The lowest BCUT2D eigenvalue weighted by Crippen LogP contribution is -2.41. The van der Waals surface area contributed by atoms with E-state index in [2.05, 4.69) is 10.1 Å². The minimum absolute atomic E-state index is 0.00250. The second-order valence-corrected chi connectivity index (χ2v) is 6.62. The lowest BCUT2D eigenvalue weighted by atomic mass is 10.1. The Hall–Kier alpha value is -2.70. The Kier molecular flexibility index (Phi) is 5.99. The number of ketones is 1. The van der Waals surface area contributed by atoms with Gasteiger partial charge in [0.15, 0.2) is 6.61 Å². The number of hydrogen-bond donors (Lipinski definition) is 0. The van der Waals surface area contributed by atoms with E-state index in [-0.39, 0.29) is 18.3 Å². The largest absolute Gasteiger partial charge is 0.484 e. The highest BCUT2D eigenvalue weighted by Gasteiger charge is 2.24. The molecule has 0 radical (unpaired) electrons. The van der Waals surface area contributed by atoms with Crippen LogP contribution in [-0.2, 0) is 16.0 Å². The van der Waals surface area contributed by atoms with Crippen LogP contribution in [0.1, 0.15) is 37.8 Å². The Labute approximate surface area is 153 Å². The fourth-order valence-corrected chi connectivity index (χ4v) is 3.09. The summed E-state index contributed by atoms with van der Waals surface area (Å²) in [4.78, 5) is 29.2. The zero-order chi connectivity index (χ0) is 18.4. The van der Waals surface area contributed by atoms with Crippen molar-refractivity contribution in [1.82, 2.24) is 19.7 Å². The van der Waals surface area contributed by atoms with Crippen molar-refractivity contribution in [2.24, 2.45) is 0 Å². The molecular formula is C19H24N4O3. The summed E-state index contributed by atoms with van der Waals surface area (Å²) in [7, 11) is 0. The van der Waals surface area contributed by atoms with E-state index < -0.39 is 0 Å². The molecule has 138 valence electrons. The second-order valence-electron chi connectivity index (χ2n) is 6.62. The number of ether oxygens (including phenoxy) is 1. The van der Waals surface area contributed by atoms with Gasteiger partial charge in [-0.15, -0.1) is 0 Å². The number of Topliss-reactive ketones (excluding diaryl/α,β-unsaturated/α-hetero) is 1. The molecule has 0 bridgehead atoms. The van der Waals surface area contributed by atoms with E-state index in [1.54, 1.807) is 13.3 Å². The number of likely N-dealkylation sites (tertiary alicyclic amines) is 1. The first-order valence-electron chi connectivity index (χ1n) is 8.95. The van der Waals surface area contributed by atoms with Crippen LogP contribution in [0.25, 0.3) is 0 Å². The van der Waals surface area contributed by atoms with Gasteiger partial charge in [0, 0.05) is 19.5 Å². The van der Waals surface area contributed by atoms with Crippen LogP contribution in [0.5, 0.6) is 5.75 Å². The topological polar surface area (TPSA) is 77.3 Å². The number of aryl methyl sites for hydroxylation is 1. The second kappa shape index (κ2) is 8.60. The maximum absolute atomic E-state index is 12.3. The number of rotatable bonds is 7. The Morgan fingerprint density at radius 3 is 2.54 bits per heavy atom. The van der Waals surface area contributed by atoms with Gasteiger partial charge in [0.1, 0.15) is 24.2 Å². The number of amides is 1. The van der Waals surface area contributed by atoms with E-state index in [1.165, 1.54) is 6.33 Å². The molecule has 1 saturated heterocycles. The van der Waals surface area contributed by atoms with Gasteiger partial charge in [0.25, 0.3) is 5.91 Å². The normalized spacial score (nSPS) is 15.0. The molecule has 7 nitrogen and oxygen atoms in total. The third-order valence-corrected chi connectivity index (χ3v) is 4.68. The standard InChI is InChI=1S/C19H24N4O3/c1-15(24)2-3-16-4-6-18(7-5-16)26-12-19(25)22-10-8-17(9-11-22)23-14-20-13-21-23/h4-7,13-14,17H,2-3,8-12H2,1H3. The maximum Gasteiger partial charge on any atom is 0.260 e. The Morgan fingerprint density at radius 2 is 1.92 bits per heavy atom. The van der Waals surface area contributed by atoms with Gasteiger partial charge in [0.05, 0.1) is 6.04 Å². The molecule has 1 aromatic heterocycles. The Bertz CT molecular complexity index is 720. The molecule has 0 N–H and O–H groups in total. The van der Waals surface area contributed by atoms with Gasteiger partial charge in [-0.05, 0) is 43.9 Å². The maximum atomic E-state index is 12.3. The van der Waals surface area contributed by atoms with Gasteiger partial charge in [-0.25, -0.2) is 9.67 Å². The van der Waals surface area contributed by atoms with Crippen LogP contribution < -0.4 is 4.74 Å². The first-order valence-corrected chi connectivity index (χ1v) is 8.95. The van der Waals surface area contributed by atoms with Crippen molar-refractivity contribution in [2.75, 3.05) is 19.7 Å². The molecule has 2 aromatic rings. The summed E-state index contributed by atoms with van der Waals surface area (Å²) in [5.41, 5.74) is 1.09. The molecule has 0 unspecified atom stereocenters. The van der Waals surface area contributed by atoms with E-state index in [1.807, 2.05) is 33.8 Å².